The molecule has 1 aliphatic heterocycles. The molecule has 0 atom stereocenters. The number of amides is 3. The van der Waals surface area contributed by atoms with Crippen molar-refractivity contribution in [1.29, 1.82) is 0 Å². The summed E-state index contributed by atoms with van der Waals surface area (Å²) in [5.74, 6) is 0.311. The maximum absolute atomic E-state index is 12.1. The Morgan fingerprint density at radius 3 is 1.91 bits per heavy atom. The van der Waals surface area contributed by atoms with Crippen LogP contribution in [0.2, 0.25) is 0 Å². The third-order valence-corrected chi connectivity index (χ3v) is 3.35. The van der Waals surface area contributed by atoms with Crippen LogP contribution in [0.25, 0.3) is 0 Å². The molecule has 1 fully saturated rings. The van der Waals surface area contributed by atoms with Crippen molar-refractivity contribution >= 4 is 17.9 Å². The lowest BCUT2D eigenvalue weighted by atomic mass is 10.1. The molecular weight excluding hydrogens is 298 g/mol. The fourth-order valence-corrected chi connectivity index (χ4v) is 2.26. The van der Waals surface area contributed by atoms with Crippen LogP contribution < -0.4 is 5.32 Å². The van der Waals surface area contributed by atoms with Gasteiger partial charge in [0.2, 0.25) is 11.8 Å². The van der Waals surface area contributed by atoms with Gasteiger partial charge in [-0.2, -0.15) is 0 Å². The second kappa shape index (κ2) is 8.17. The second-order valence-corrected chi connectivity index (χ2v) is 7.21. The summed E-state index contributed by atoms with van der Waals surface area (Å²) in [6.45, 7) is 11.3. The Balaban J connectivity index is 2.32. The summed E-state index contributed by atoms with van der Waals surface area (Å²) in [6.07, 6.45) is -0.0645. The molecule has 0 aromatic carbocycles. The first-order valence-electron chi connectivity index (χ1n) is 8.11. The topological polar surface area (TPSA) is 79.0 Å². The number of nitrogens with one attached hydrogen (secondary N) is 1. The minimum atomic E-state index is -0.600. The van der Waals surface area contributed by atoms with Gasteiger partial charge in [-0.05, 0) is 26.7 Å². The van der Waals surface area contributed by atoms with Crippen LogP contribution in [-0.4, -0.2) is 66.0 Å². The van der Waals surface area contributed by atoms with Crippen molar-refractivity contribution < 1.29 is 19.1 Å². The molecule has 0 aliphatic carbocycles. The Morgan fingerprint density at radius 2 is 1.48 bits per heavy atom. The first-order chi connectivity index (χ1) is 10.6. The molecule has 0 spiro atoms. The maximum Gasteiger partial charge on any atom is 0.408 e. The van der Waals surface area contributed by atoms with Crippen molar-refractivity contribution in [1.82, 2.24) is 15.1 Å². The lowest BCUT2D eigenvalue weighted by molar-refractivity contribution is -0.139. The molecule has 0 bridgehead atoms. The monoisotopic (exact) mass is 327 g/mol. The first-order valence-corrected chi connectivity index (χ1v) is 8.11. The molecule has 1 heterocycles. The minimum absolute atomic E-state index is 0.0884. The Bertz CT molecular complexity index is 435. The summed E-state index contributed by atoms with van der Waals surface area (Å²) < 4.78 is 5.09. The van der Waals surface area contributed by atoms with Gasteiger partial charge in [-0.15, -0.1) is 0 Å². The van der Waals surface area contributed by atoms with E-state index < -0.39 is 11.7 Å². The fraction of sp³-hybridized carbons (Fsp3) is 0.812. The first kappa shape index (κ1) is 19.3. The van der Waals surface area contributed by atoms with E-state index in [0.717, 1.165) is 0 Å². The number of alkyl carbamates (subject to hydrolysis) is 1. The summed E-state index contributed by atoms with van der Waals surface area (Å²) in [4.78, 5) is 39.0. The Hall–Kier alpha value is -1.79. The molecular formula is C16H29N3O4. The molecule has 1 rings (SSSR count). The van der Waals surface area contributed by atoms with Crippen LogP contribution >= 0.6 is 0 Å². The van der Waals surface area contributed by atoms with Crippen molar-refractivity contribution in [3.05, 3.63) is 0 Å². The largest absolute Gasteiger partial charge is 0.444 e. The van der Waals surface area contributed by atoms with E-state index in [9.17, 15) is 14.4 Å². The van der Waals surface area contributed by atoms with E-state index in [0.29, 0.717) is 38.5 Å². The van der Waals surface area contributed by atoms with Crippen molar-refractivity contribution in [3.8, 4) is 0 Å². The lowest BCUT2D eigenvalue weighted by Gasteiger charge is -2.35. The van der Waals surface area contributed by atoms with E-state index in [-0.39, 0.29) is 18.4 Å². The molecule has 132 valence electrons. The molecule has 0 radical (unpaired) electrons. The third kappa shape index (κ3) is 7.34. The highest BCUT2D eigenvalue weighted by Crippen LogP contribution is 2.09. The van der Waals surface area contributed by atoms with Gasteiger partial charge in [-0.25, -0.2) is 4.79 Å². The Kier molecular flexibility index (Phi) is 6.84. The van der Waals surface area contributed by atoms with Gasteiger partial charge in [0.1, 0.15) is 12.1 Å². The van der Waals surface area contributed by atoms with Gasteiger partial charge in [0, 0.05) is 32.6 Å². The molecule has 1 aliphatic rings. The van der Waals surface area contributed by atoms with Gasteiger partial charge in [0.15, 0.2) is 0 Å². The molecule has 3 amide bonds. The molecule has 23 heavy (non-hydrogen) atoms. The zero-order valence-electron chi connectivity index (χ0n) is 14.8. The Morgan fingerprint density at radius 1 is 1.00 bits per heavy atom. The lowest BCUT2D eigenvalue weighted by Crippen LogP contribution is -2.52. The number of nitrogens with zero attached hydrogens (tertiary/aromatic N) is 2. The predicted molar refractivity (Wildman–Crippen MR) is 86.9 cm³/mol. The molecule has 0 aromatic heterocycles. The van der Waals surface area contributed by atoms with Crippen LogP contribution in [0.4, 0.5) is 4.79 Å². The number of rotatable bonds is 4. The number of carbonyl (C=O) groups is 3. The van der Waals surface area contributed by atoms with Gasteiger partial charge in [0.25, 0.3) is 0 Å². The molecule has 1 N–H and O–H groups in total. The van der Waals surface area contributed by atoms with Crippen LogP contribution in [0.15, 0.2) is 0 Å². The van der Waals surface area contributed by atoms with Crippen molar-refractivity contribution in [2.75, 3.05) is 32.7 Å². The quantitative estimate of drug-likeness (QED) is 0.842. The van der Waals surface area contributed by atoms with E-state index >= 15 is 0 Å². The summed E-state index contributed by atoms with van der Waals surface area (Å²) in [5.41, 5.74) is -0.588. The third-order valence-electron chi connectivity index (χ3n) is 3.35. The van der Waals surface area contributed by atoms with E-state index in [2.05, 4.69) is 5.32 Å². The highest BCUT2D eigenvalue weighted by atomic mass is 16.6. The number of carbonyl (C=O) groups excluding carboxylic acids is 3. The van der Waals surface area contributed by atoms with E-state index in [1.807, 2.05) is 13.8 Å². The summed E-state index contributed by atoms with van der Waals surface area (Å²) >= 11 is 0. The minimum Gasteiger partial charge on any atom is -0.444 e. The smallest absolute Gasteiger partial charge is 0.408 e. The van der Waals surface area contributed by atoms with Gasteiger partial charge in [0.05, 0.1) is 0 Å². The fourth-order valence-electron chi connectivity index (χ4n) is 2.26. The van der Waals surface area contributed by atoms with Crippen LogP contribution in [0.3, 0.4) is 0 Å². The van der Waals surface area contributed by atoms with Gasteiger partial charge < -0.3 is 19.9 Å². The zero-order chi connectivity index (χ0) is 17.6. The standard InChI is InChI=1S/C16H29N3O4/c1-12(2)10-13(20)18-6-8-19(9-7-18)14(21)11-17-15(22)23-16(3,4)5/h12H,6-11H2,1-5H3,(H,17,22). The van der Waals surface area contributed by atoms with Crippen molar-refractivity contribution in [2.24, 2.45) is 5.92 Å². The summed E-state index contributed by atoms with van der Waals surface area (Å²) in [7, 11) is 0. The molecule has 7 nitrogen and oxygen atoms in total. The maximum atomic E-state index is 12.1. The Labute approximate surface area is 138 Å². The number of hydrogen-bond donors (Lipinski definition) is 1. The summed E-state index contributed by atoms with van der Waals surface area (Å²) in [6, 6.07) is 0. The highest BCUT2D eigenvalue weighted by Gasteiger charge is 2.25. The molecule has 0 unspecified atom stereocenters. The average Bonchev–Trinajstić information content (AvgIpc) is 2.42. The molecule has 7 heteroatoms. The van der Waals surface area contributed by atoms with Gasteiger partial charge in [-0.1, -0.05) is 13.8 Å². The van der Waals surface area contributed by atoms with Crippen LogP contribution in [0.5, 0.6) is 0 Å². The number of hydrogen-bond acceptors (Lipinski definition) is 4. The van der Waals surface area contributed by atoms with Gasteiger partial charge in [-0.3, -0.25) is 9.59 Å². The average molecular weight is 327 g/mol. The highest BCUT2D eigenvalue weighted by molar-refractivity contribution is 5.83. The van der Waals surface area contributed by atoms with Crippen LogP contribution in [0.1, 0.15) is 41.0 Å². The number of piperazine rings is 1. The SMILES string of the molecule is CC(C)CC(=O)N1CCN(C(=O)CNC(=O)OC(C)(C)C)CC1. The van der Waals surface area contributed by atoms with E-state index in [4.69, 9.17) is 4.74 Å². The molecule has 1 saturated heterocycles. The van der Waals surface area contributed by atoms with Crippen LogP contribution in [0, 0.1) is 5.92 Å². The summed E-state index contributed by atoms with van der Waals surface area (Å²) in [5, 5.41) is 2.46. The second-order valence-electron chi connectivity index (χ2n) is 7.21. The van der Waals surface area contributed by atoms with Crippen molar-refractivity contribution in [2.45, 2.75) is 46.6 Å². The normalized spacial score (nSPS) is 15.6. The van der Waals surface area contributed by atoms with Crippen molar-refractivity contribution in [3.63, 3.8) is 0 Å². The van der Waals surface area contributed by atoms with E-state index in [1.54, 1.807) is 30.6 Å². The predicted octanol–water partition coefficient (Wildman–Crippen LogP) is 1.23. The number of ether oxygens (including phenoxy) is 1. The zero-order valence-corrected chi connectivity index (χ0v) is 14.8. The van der Waals surface area contributed by atoms with E-state index in [1.165, 1.54) is 0 Å². The van der Waals surface area contributed by atoms with Gasteiger partial charge >= 0.3 is 6.09 Å². The van der Waals surface area contributed by atoms with Crippen LogP contribution in [-0.2, 0) is 14.3 Å². The molecule has 0 saturated carbocycles. The molecule has 0 aromatic rings.